The Morgan fingerprint density at radius 3 is 2.95 bits per heavy atom. The van der Waals surface area contributed by atoms with Crippen molar-refractivity contribution in [2.45, 2.75) is 17.7 Å². The van der Waals surface area contributed by atoms with Crippen molar-refractivity contribution in [3.05, 3.63) is 30.1 Å². The number of carbonyl (C=O) groups excluding carboxylic acids is 1. The predicted molar refractivity (Wildman–Crippen MR) is 86.1 cm³/mol. The van der Waals surface area contributed by atoms with Gasteiger partial charge in [-0.1, -0.05) is 5.92 Å². The maximum Gasteiger partial charge on any atom is 0.232 e. The predicted octanol–water partition coefficient (Wildman–Crippen LogP) is 2.81. The number of ether oxygens (including phenoxy) is 1. The highest BCUT2D eigenvalue weighted by Gasteiger charge is 2.23. The van der Waals surface area contributed by atoms with Crippen molar-refractivity contribution in [2.75, 3.05) is 32.1 Å². The zero-order chi connectivity index (χ0) is 15.8. The third-order valence-electron chi connectivity index (χ3n) is 3.59. The van der Waals surface area contributed by atoms with Gasteiger partial charge in [-0.2, -0.15) is 0 Å². The molecular formula is C17H20FNO2S. The first-order valence-corrected chi connectivity index (χ1v) is 8.35. The van der Waals surface area contributed by atoms with Crippen LogP contribution in [-0.2, 0) is 9.53 Å². The molecule has 1 heterocycles. The number of rotatable bonds is 6. The second-order valence-electron chi connectivity index (χ2n) is 5.31. The highest BCUT2D eigenvalue weighted by Crippen LogP contribution is 2.21. The summed E-state index contributed by atoms with van der Waals surface area (Å²) in [5, 5.41) is 0. The normalized spacial score (nSPS) is 18.0. The molecule has 1 aromatic carbocycles. The van der Waals surface area contributed by atoms with Gasteiger partial charge in [-0.25, -0.2) is 4.39 Å². The maximum atomic E-state index is 12.8. The van der Waals surface area contributed by atoms with Gasteiger partial charge in [0.25, 0.3) is 0 Å². The van der Waals surface area contributed by atoms with Crippen LogP contribution in [0.15, 0.2) is 29.2 Å². The van der Waals surface area contributed by atoms with E-state index in [1.165, 1.54) is 23.9 Å². The van der Waals surface area contributed by atoms with Crippen molar-refractivity contribution in [1.82, 2.24) is 4.90 Å². The SMILES string of the molecule is C#CCOCC1CCCN(C(=O)CSc2ccc(F)cc2)C1. The Labute approximate surface area is 135 Å². The van der Waals surface area contributed by atoms with E-state index >= 15 is 0 Å². The second kappa shape index (κ2) is 8.82. The van der Waals surface area contributed by atoms with Crippen molar-refractivity contribution >= 4 is 17.7 Å². The minimum atomic E-state index is -0.262. The van der Waals surface area contributed by atoms with Crippen LogP contribution < -0.4 is 0 Å². The number of halogens is 1. The lowest BCUT2D eigenvalue weighted by Gasteiger charge is -2.32. The fourth-order valence-electron chi connectivity index (χ4n) is 2.48. The standard InChI is InChI=1S/C17H20FNO2S/c1-2-10-21-12-14-4-3-9-19(11-14)17(20)13-22-16-7-5-15(18)6-8-16/h1,5-8,14H,3-4,9-13H2. The second-order valence-corrected chi connectivity index (χ2v) is 6.36. The maximum absolute atomic E-state index is 12.8. The third-order valence-corrected chi connectivity index (χ3v) is 4.58. The fourth-order valence-corrected chi connectivity index (χ4v) is 3.28. The number of amides is 1. The Balaban J connectivity index is 1.76. The lowest BCUT2D eigenvalue weighted by molar-refractivity contribution is -0.130. The molecule has 0 spiro atoms. The van der Waals surface area contributed by atoms with Crippen molar-refractivity contribution in [3.63, 3.8) is 0 Å². The number of thioether (sulfide) groups is 1. The van der Waals surface area contributed by atoms with E-state index in [1.807, 2.05) is 4.90 Å². The monoisotopic (exact) mass is 321 g/mol. The first kappa shape index (κ1) is 16.9. The summed E-state index contributed by atoms with van der Waals surface area (Å²) in [6, 6.07) is 6.21. The zero-order valence-corrected chi connectivity index (χ0v) is 13.3. The number of terminal acetylenes is 1. The van der Waals surface area contributed by atoms with Crippen LogP contribution in [0, 0.1) is 24.1 Å². The molecule has 22 heavy (non-hydrogen) atoms. The van der Waals surface area contributed by atoms with E-state index in [4.69, 9.17) is 11.2 Å². The van der Waals surface area contributed by atoms with E-state index in [0.717, 1.165) is 30.8 Å². The van der Waals surface area contributed by atoms with Crippen molar-refractivity contribution < 1.29 is 13.9 Å². The molecule has 0 radical (unpaired) electrons. The summed E-state index contributed by atoms with van der Waals surface area (Å²) in [6.07, 6.45) is 7.22. The van der Waals surface area contributed by atoms with Crippen LogP contribution in [-0.4, -0.2) is 42.9 Å². The number of likely N-dealkylation sites (tertiary alicyclic amines) is 1. The molecule has 0 saturated carbocycles. The quantitative estimate of drug-likeness (QED) is 0.458. The number of hydrogen-bond acceptors (Lipinski definition) is 3. The van der Waals surface area contributed by atoms with Gasteiger partial charge >= 0.3 is 0 Å². The third kappa shape index (κ3) is 5.36. The molecule has 1 fully saturated rings. The Morgan fingerprint density at radius 2 is 2.23 bits per heavy atom. The Bertz CT molecular complexity index is 526. The Hall–Kier alpha value is -1.51. The van der Waals surface area contributed by atoms with Crippen LogP contribution in [0.1, 0.15) is 12.8 Å². The minimum Gasteiger partial charge on any atom is -0.368 e. The van der Waals surface area contributed by atoms with Gasteiger partial charge in [0.1, 0.15) is 12.4 Å². The van der Waals surface area contributed by atoms with Gasteiger partial charge in [0, 0.05) is 18.0 Å². The zero-order valence-electron chi connectivity index (χ0n) is 12.5. The molecule has 1 atom stereocenters. The van der Waals surface area contributed by atoms with Crippen LogP contribution in [0.5, 0.6) is 0 Å². The molecule has 5 heteroatoms. The number of piperidine rings is 1. The molecule has 1 aliphatic rings. The van der Waals surface area contributed by atoms with Crippen LogP contribution in [0.3, 0.4) is 0 Å². The summed E-state index contributed by atoms with van der Waals surface area (Å²) < 4.78 is 18.2. The average Bonchev–Trinajstić information content (AvgIpc) is 2.54. The molecule has 1 aliphatic heterocycles. The molecule has 1 amide bonds. The van der Waals surface area contributed by atoms with Gasteiger partial charge in [0.05, 0.1) is 12.4 Å². The van der Waals surface area contributed by atoms with E-state index < -0.39 is 0 Å². The van der Waals surface area contributed by atoms with Gasteiger partial charge < -0.3 is 9.64 Å². The number of nitrogens with zero attached hydrogens (tertiary/aromatic N) is 1. The molecule has 1 saturated heterocycles. The van der Waals surface area contributed by atoms with Crippen LogP contribution in [0.25, 0.3) is 0 Å². The van der Waals surface area contributed by atoms with E-state index in [0.29, 0.717) is 24.9 Å². The molecule has 0 N–H and O–H groups in total. The number of benzene rings is 1. The van der Waals surface area contributed by atoms with E-state index in [-0.39, 0.29) is 11.7 Å². The molecular weight excluding hydrogens is 301 g/mol. The van der Waals surface area contributed by atoms with Crippen molar-refractivity contribution in [3.8, 4) is 12.3 Å². The van der Waals surface area contributed by atoms with Crippen molar-refractivity contribution in [1.29, 1.82) is 0 Å². The van der Waals surface area contributed by atoms with E-state index in [2.05, 4.69) is 5.92 Å². The van der Waals surface area contributed by atoms with Crippen LogP contribution in [0.4, 0.5) is 4.39 Å². The lowest BCUT2D eigenvalue weighted by Crippen LogP contribution is -2.42. The molecule has 3 nitrogen and oxygen atoms in total. The topological polar surface area (TPSA) is 29.5 Å². The Morgan fingerprint density at radius 1 is 1.45 bits per heavy atom. The highest BCUT2D eigenvalue weighted by molar-refractivity contribution is 8.00. The van der Waals surface area contributed by atoms with E-state index in [9.17, 15) is 9.18 Å². The molecule has 1 aromatic rings. The minimum absolute atomic E-state index is 0.121. The van der Waals surface area contributed by atoms with Gasteiger partial charge in [-0.05, 0) is 43.0 Å². The van der Waals surface area contributed by atoms with Gasteiger partial charge in [-0.15, -0.1) is 18.2 Å². The molecule has 0 aliphatic carbocycles. The number of carbonyl (C=O) groups is 1. The van der Waals surface area contributed by atoms with Gasteiger partial charge in [-0.3, -0.25) is 4.79 Å². The molecule has 2 rings (SSSR count). The average molecular weight is 321 g/mol. The summed E-state index contributed by atoms with van der Waals surface area (Å²) in [6.45, 7) is 2.46. The summed E-state index contributed by atoms with van der Waals surface area (Å²) in [5.41, 5.74) is 0. The largest absolute Gasteiger partial charge is 0.368 e. The highest BCUT2D eigenvalue weighted by atomic mass is 32.2. The summed E-state index contributed by atoms with van der Waals surface area (Å²) in [5.74, 6) is 3.05. The molecule has 118 valence electrons. The van der Waals surface area contributed by atoms with Crippen LogP contribution in [0.2, 0.25) is 0 Å². The smallest absolute Gasteiger partial charge is 0.232 e. The summed E-state index contributed by atoms with van der Waals surface area (Å²) >= 11 is 1.44. The van der Waals surface area contributed by atoms with Gasteiger partial charge in [0.15, 0.2) is 0 Å². The molecule has 0 bridgehead atoms. The Kier molecular flexibility index (Phi) is 6.75. The van der Waals surface area contributed by atoms with E-state index in [1.54, 1.807) is 12.1 Å². The fraction of sp³-hybridized carbons (Fsp3) is 0.471. The first-order valence-electron chi connectivity index (χ1n) is 7.36. The van der Waals surface area contributed by atoms with Crippen molar-refractivity contribution in [2.24, 2.45) is 5.92 Å². The summed E-state index contributed by atoms with van der Waals surface area (Å²) in [4.78, 5) is 15.1. The molecule has 1 unspecified atom stereocenters. The van der Waals surface area contributed by atoms with Gasteiger partial charge in [0.2, 0.25) is 5.91 Å². The number of hydrogen-bond donors (Lipinski definition) is 0. The first-order chi connectivity index (χ1) is 10.7. The van der Waals surface area contributed by atoms with Crippen LogP contribution >= 0.6 is 11.8 Å². The molecule has 0 aromatic heterocycles. The lowest BCUT2D eigenvalue weighted by atomic mass is 9.99. The summed E-state index contributed by atoms with van der Waals surface area (Å²) in [7, 11) is 0.